The van der Waals surface area contributed by atoms with E-state index in [-0.39, 0.29) is 11.8 Å². The van der Waals surface area contributed by atoms with Crippen LogP contribution in [0, 0.1) is 0 Å². The highest BCUT2D eigenvalue weighted by molar-refractivity contribution is 7.80. The van der Waals surface area contributed by atoms with E-state index in [0.29, 0.717) is 10.7 Å². The van der Waals surface area contributed by atoms with Gasteiger partial charge in [0.05, 0.1) is 11.7 Å². The van der Waals surface area contributed by atoms with Crippen LogP contribution in [0.4, 0.5) is 0 Å². The molecule has 122 valence electrons. The molecule has 2 N–H and O–H groups in total. The molecule has 0 fully saturated rings. The van der Waals surface area contributed by atoms with Crippen LogP contribution in [0.3, 0.4) is 0 Å². The Morgan fingerprint density at radius 3 is 2.29 bits per heavy atom. The minimum absolute atomic E-state index is 0.0374. The van der Waals surface area contributed by atoms with Crippen LogP contribution in [0.2, 0.25) is 0 Å². The summed E-state index contributed by atoms with van der Waals surface area (Å²) < 4.78 is 0. The molecule has 0 aliphatic carbocycles. The summed E-state index contributed by atoms with van der Waals surface area (Å²) in [6, 6.07) is 19.2. The minimum Gasteiger partial charge on any atom is -0.355 e. The molecule has 0 spiro atoms. The summed E-state index contributed by atoms with van der Waals surface area (Å²) in [5, 5.41) is 7.03. The van der Waals surface area contributed by atoms with Crippen molar-refractivity contribution in [2.45, 2.75) is 25.8 Å². The smallest absolute Gasteiger partial charge is 0.193 e. The normalized spacial score (nSPS) is 17.2. The van der Waals surface area contributed by atoms with Crippen molar-refractivity contribution in [1.82, 2.24) is 10.6 Å². The first-order valence-corrected chi connectivity index (χ1v) is 8.58. The second kappa shape index (κ2) is 7.41. The molecule has 3 rings (SSSR count). The highest BCUT2D eigenvalue weighted by Gasteiger charge is 2.30. The van der Waals surface area contributed by atoms with E-state index in [0.717, 1.165) is 29.7 Å². The summed E-state index contributed by atoms with van der Waals surface area (Å²) >= 11 is 5.36. The number of benzene rings is 2. The Morgan fingerprint density at radius 2 is 1.67 bits per heavy atom. The Labute approximate surface area is 147 Å². The van der Waals surface area contributed by atoms with E-state index in [2.05, 4.69) is 17.6 Å². The average molecular weight is 336 g/mol. The van der Waals surface area contributed by atoms with Gasteiger partial charge in [-0.1, -0.05) is 74.0 Å². The predicted octanol–water partition coefficient (Wildman–Crippen LogP) is 3.93. The number of hydrogen-bond acceptors (Lipinski definition) is 2. The van der Waals surface area contributed by atoms with Gasteiger partial charge in [0.1, 0.15) is 0 Å². The first-order chi connectivity index (χ1) is 11.7. The van der Waals surface area contributed by atoms with E-state index < -0.39 is 0 Å². The maximum Gasteiger partial charge on any atom is 0.193 e. The lowest BCUT2D eigenvalue weighted by Gasteiger charge is -2.31. The van der Waals surface area contributed by atoms with Gasteiger partial charge < -0.3 is 10.6 Å². The molecule has 0 saturated heterocycles. The van der Waals surface area contributed by atoms with Crippen LogP contribution < -0.4 is 10.6 Å². The number of rotatable bonds is 5. The quantitative estimate of drug-likeness (QED) is 0.641. The van der Waals surface area contributed by atoms with Crippen molar-refractivity contribution in [1.29, 1.82) is 0 Å². The van der Waals surface area contributed by atoms with Crippen molar-refractivity contribution < 1.29 is 4.79 Å². The van der Waals surface area contributed by atoms with Gasteiger partial charge in [0.2, 0.25) is 0 Å². The Balaban J connectivity index is 2.14. The van der Waals surface area contributed by atoms with E-state index in [4.69, 9.17) is 12.2 Å². The van der Waals surface area contributed by atoms with Crippen molar-refractivity contribution in [3.8, 4) is 0 Å². The van der Waals surface area contributed by atoms with Gasteiger partial charge in [0, 0.05) is 11.1 Å². The van der Waals surface area contributed by atoms with Crippen LogP contribution in [0.25, 0.3) is 5.70 Å². The lowest BCUT2D eigenvalue weighted by atomic mass is 9.89. The third kappa shape index (κ3) is 3.39. The topological polar surface area (TPSA) is 41.1 Å². The fraction of sp³-hybridized carbons (Fsp3) is 0.200. The summed E-state index contributed by atoms with van der Waals surface area (Å²) in [6.45, 7) is 2.11. The fourth-order valence-corrected chi connectivity index (χ4v) is 3.22. The Morgan fingerprint density at radius 1 is 1.04 bits per heavy atom. The highest BCUT2D eigenvalue weighted by atomic mass is 32.1. The highest BCUT2D eigenvalue weighted by Crippen LogP contribution is 2.27. The second-order valence-corrected chi connectivity index (χ2v) is 6.20. The molecule has 4 heteroatoms. The lowest BCUT2D eigenvalue weighted by Crippen LogP contribution is -2.49. The fourth-order valence-electron chi connectivity index (χ4n) is 2.98. The zero-order valence-electron chi connectivity index (χ0n) is 13.6. The van der Waals surface area contributed by atoms with E-state index >= 15 is 0 Å². The van der Waals surface area contributed by atoms with Gasteiger partial charge in [-0.15, -0.1) is 0 Å². The number of carbonyl (C=O) groups is 1. The number of ketones is 1. The monoisotopic (exact) mass is 336 g/mol. The number of thiocarbonyl (C=S) groups is 1. The van der Waals surface area contributed by atoms with E-state index in [9.17, 15) is 4.79 Å². The maximum atomic E-state index is 13.2. The molecule has 2 aromatic carbocycles. The molecule has 3 nitrogen and oxygen atoms in total. The van der Waals surface area contributed by atoms with Crippen LogP contribution in [0.1, 0.15) is 35.7 Å². The molecular formula is C20H20N2OS. The third-order valence-corrected chi connectivity index (χ3v) is 4.30. The second-order valence-electron chi connectivity index (χ2n) is 5.79. The van der Waals surface area contributed by atoms with Gasteiger partial charge in [-0.05, 0) is 24.2 Å². The third-order valence-electron chi connectivity index (χ3n) is 4.08. The summed E-state index contributed by atoms with van der Waals surface area (Å²) in [4.78, 5) is 13.2. The van der Waals surface area contributed by atoms with Gasteiger partial charge in [-0.2, -0.15) is 0 Å². The molecule has 0 bridgehead atoms. The molecule has 0 radical (unpaired) electrons. The van der Waals surface area contributed by atoms with Gasteiger partial charge in [-0.3, -0.25) is 4.79 Å². The number of carbonyl (C=O) groups excluding carboxylic acids is 1. The average Bonchev–Trinajstić information content (AvgIpc) is 2.62. The van der Waals surface area contributed by atoms with Crippen molar-refractivity contribution in [3.05, 3.63) is 77.4 Å². The van der Waals surface area contributed by atoms with Crippen molar-refractivity contribution in [2.24, 2.45) is 0 Å². The first-order valence-electron chi connectivity index (χ1n) is 8.17. The summed E-state index contributed by atoms with van der Waals surface area (Å²) in [7, 11) is 0. The van der Waals surface area contributed by atoms with Crippen molar-refractivity contribution >= 4 is 28.8 Å². The molecule has 1 aliphatic heterocycles. The maximum absolute atomic E-state index is 13.2. The standard InChI is InChI=1S/C20H20N2OS/c1-2-9-16-17(19(23)15-12-7-4-8-13-15)18(22-20(24)21-16)14-10-5-3-6-11-14/h3-8,10-13,16H,2,9H2,1H3,(H2,21,22,24)/t16-/m1/s1. The number of hydrogen-bond donors (Lipinski definition) is 2. The molecule has 1 heterocycles. The van der Waals surface area contributed by atoms with E-state index in [1.165, 1.54) is 0 Å². The molecule has 2 aromatic rings. The number of nitrogens with one attached hydrogen (secondary N) is 2. The lowest BCUT2D eigenvalue weighted by molar-refractivity contribution is 0.102. The van der Waals surface area contributed by atoms with Gasteiger partial charge >= 0.3 is 0 Å². The number of Topliss-reactive ketones (excluding diaryl/α,β-unsaturated/α-hetero) is 1. The molecule has 24 heavy (non-hydrogen) atoms. The minimum atomic E-state index is -0.0772. The zero-order chi connectivity index (χ0) is 16.9. The molecule has 0 aromatic heterocycles. The Kier molecular flexibility index (Phi) is 5.06. The van der Waals surface area contributed by atoms with Crippen molar-refractivity contribution in [2.75, 3.05) is 0 Å². The molecule has 1 atom stereocenters. The largest absolute Gasteiger partial charge is 0.355 e. The van der Waals surface area contributed by atoms with Gasteiger partial charge in [0.15, 0.2) is 10.9 Å². The Bertz CT molecular complexity index is 769. The van der Waals surface area contributed by atoms with Crippen LogP contribution in [0.15, 0.2) is 66.2 Å². The van der Waals surface area contributed by atoms with E-state index in [1.54, 1.807) is 0 Å². The van der Waals surface area contributed by atoms with Crippen LogP contribution in [0.5, 0.6) is 0 Å². The summed E-state index contributed by atoms with van der Waals surface area (Å²) in [5.74, 6) is 0.0374. The van der Waals surface area contributed by atoms with E-state index in [1.807, 2.05) is 60.7 Å². The van der Waals surface area contributed by atoms with Gasteiger partial charge in [-0.25, -0.2) is 0 Å². The zero-order valence-corrected chi connectivity index (χ0v) is 14.4. The molecule has 0 saturated carbocycles. The van der Waals surface area contributed by atoms with Crippen LogP contribution in [-0.2, 0) is 0 Å². The van der Waals surface area contributed by atoms with Crippen molar-refractivity contribution in [3.63, 3.8) is 0 Å². The SMILES string of the molecule is CCC[C@H]1NC(=S)NC(c2ccccc2)=C1C(=O)c1ccccc1. The first kappa shape index (κ1) is 16.4. The molecule has 0 amide bonds. The van der Waals surface area contributed by atoms with Gasteiger partial charge in [0.25, 0.3) is 0 Å². The summed E-state index contributed by atoms with van der Waals surface area (Å²) in [6.07, 6.45) is 1.82. The van der Waals surface area contributed by atoms with Crippen LogP contribution in [-0.4, -0.2) is 16.9 Å². The predicted molar refractivity (Wildman–Crippen MR) is 102 cm³/mol. The molecule has 0 unspecified atom stereocenters. The molecular weight excluding hydrogens is 316 g/mol. The van der Waals surface area contributed by atoms with Crippen LogP contribution >= 0.6 is 12.2 Å². The Hall–Kier alpha value is -2.46. The summed E-state index contributed by atoms with van der Waals surface area (Å²) in [5.41, 5.74) is 3.23. The molecule has 1 aliphatic rings.